The molecule has 7 rings (SSSR count). The highest BCUT2D eigenvalue weighted by atomic mass is 32.2. The zero-order valence-corrected chi connectivity index (χ0v) is 24.9. The maximum absolute atomic E-state index is 14.4. The number of H-pyrrole nitrogens is 1. The van der Waals surface area contributed by atoms with E-state index in [1.54, 1.807) is 24.9 Å². The van der Waals surface area contributed by atoms with Crippen LogP contribution in [0.15, 0.2) is 90.1 Å². The monoisotopic (exact) mass is 595 g/mol. The van der Waals surface area contributed by atoms with Crippen LogP contribution in [0.25, 0.3) is 21.8 Å². The zero-order valence-electron chi connectivity index (χ0n) is 24.1. The normalized spacial score (nSPS) is 19.4. The van der Waals surface area contributed by atoms with Crippen molar-refractivity contribution in [2.45, 2.75) is 29.4 Å². The Hall–Kier alpha value is -4.08. The Balaban J connectivity index is 1.14. The number of likely N-dealkylation sites (tertiary alicyclic amines) is 1. The average Bonchev–Trinajstić information content (AvgIpc) is 3.64. The number of anilines is 1. The van der Waals surface area contributed by atoms with Crippen LogP contribution in [-0.2, 0) is 11.3 Å². The number of para-hydroxylation sites is 3. The molecule has 5 aromatic rings. The van der Waals surface area contributed by atoms with Crippen molar-refractivity contribution in [2.75, 3.05) is 44.7 Å². The van der Waals surface area contributed by atoms with Crippen molar-refractivity contribution in [3.8, 4) is 5.75 Å². The molecular weight excluding hydrogens is 561 g/mol. The lowest BCUT2D eigenvalue weighted by atomic mass is 10.0. The van der Waals surface area contributed by atoms with Crippen LogP contribution in [0.2, 0.25) is 0 Å². The molecule has 2 aliphatic rings. The highest BCUT2D eigenvalue weighted by Gasteiger charge is 2.40. The van der Waals surface area contributed by atoms with Crippen LogP contribution in [-0.4, -0.2) is 76.8 Å². The van der Waals surface area contributed by atoms with Gasteiger partial charge in [-0.1, -0.05) is 66.4 Å². The van der Waals surface area contributed by atoms with E-state index < -0.39 is 0 Å². The molecule has 1 aromatic heterocycles. The van der Waals surface area contributed by atoms with Crippen molar-refractivity contribution >= 4 is 45.2 Å². The van der Waals surface area contributed by atoms with Crippen molar-refractivity contribution < 1.29 is 13.9 Å². The van der Waals surface area contributed by atoms with Gasteiger partial charge in [-0.15, -0.1) is 0 Å². The molecule has 2 atom stereocenters. The second-order valence-electron chi connectivity index (χ2n) is 11.2. The summed E-state index contributed by atoms with van der Waals surface area (Å²) in [6.07, 6.45) is 0.723. The third kappa shape index (κ3) is 5.55. The number of piperazine rings is 1. The van der Waals surface area contributed by atoms with Gasteiger partial charge in [0.2, 0.25) is 5.91 Å². The van der Waals surface area contributed by atoms with Crippen LogP contribution < -0.4 is 9.64 Å². The van der Waals surface area contributed by atoms with Gasteiger partial charge < -0.3 is 19.5 Å². The fourth-order valence-electron chi connectivity index (χ4n) is 6.48. The summed E-state index contributed by atoms with van der Waals surface area (Å²) in [6, 6.07) is 27.1. The van der Waals surface area contributed by atoms with E-state index in [2.05, 4.69) is 28.1 Å². The predicted molar refractivity (Wildman–Crippen MR) is 170 cm³/mol. The molecule has 3 heterocycles. The number of aromatic amines is 1. The SMILES string of the molecule is COc1ccc2ccccc2c1CN1C[C@H](Sc2nc3ccccc3[nH]2)C[C@H]1C(=O)N1CCN(c2ccccc2F)CC1. The summed E-state index contributed by atoms with van der Waals surface area (Å²) >= 11 is 1.71. The van der Waals surface area contributed by atoms with Gasteiger partial charge >= 0.3 is 0 Å². The summed E-state index contributed by atoms with van der Waals surface area (Å²) in [5.41, 5.74) is 3.65. The van der Waals surface area contributed by atoms with E-state index in [1.807, 2.05) is 64.4 Å². The third-order valence-electron chi connectivity index (χ3n) is 8.66. The molecule has 0 spiro atoms. The van der Waals surface area contributed by atoms with Gasteiger partial charge in [0.25, 0.3) is 0 Å². The molecular formula is C34H34FN5O2S. The standard InChI is InChI=1S/C34H34FN5O2S/c1-42-32-15-14-23-8-2-3-9-25(23)26(32)22-40-21-24(43-34-36-28-11-5-6-12-29(28)37-34)20-31(40)33(41)39-18-16-38(17-19-39)30-13-7-4-10-27(30)35/h2-15,24,31H,16-22H2,1H3,(H,36,37)/t24-,31+/m1/s1. The van der Waals surface area contributed by atoms with Crippen molar-refractivity contribution in [2.24, 2.45) is 0 Å². The Morgan fingerprint density at radius 1 is 0.977 bits per heavy atom. The lowest BCUT2D eigenvalue weighted by molar-refractivity contribution is -0.136. The molecule has 0 radical (unpaired) electrons. The molecule has 9 heteroatoms. The van der Waals surface area contributed by atoms with Gasteiger partial charge in [0.05, 0.1) is 29.9 Å². The van der Waals surface area contributed by atoms with Gasteiger partial charge in [-0.3, -0.25) is 9.69 Å². The van der Waals surface area contributed by atoms with Crippen molar-refractivity contribution in [1.82, 2.24) is 19.8 Å². The summed E-state index contributed by atoms with van der Waals surface area (Å²) in [6.45, 7) is 3.70. The van der Waals surface area contributed by atoms with Crippen molar-refractivity contribution in [3.05, 3.63) is 96.3 Å². The van der Waals surface area contributed by atoms with Gasteiger partial charge in [-0.05, 0) is 47.5 Å². The Morgan fingerprint density at radius 3 is 2.56 bits per heavy atom. The molecule has 220 valence electrons. The van der Waals surface area contributed by atoms with E-state index in [0.717, 1.165) is 51.2 Å². The minimum atomic E-state index is -0.273. The fourth-order valence-corrected chi connectivity index (χ4v) is 7.66. The lowest BCUT2D eigenvalue weighted by Gasteiger charge is -2.38. The largest absolute Gasteiger partial charge is 0.496 e. The van der Waals surface area contributed by atoms with Gasteiger partial charge in [0, 0.05) is 50.1 Å². The number of carbonyl (C=O) groups excluding carboxylic acids is 1. The first kappa shape index (κ1) is 27.7. The molecule has 4 aromatic carbocycles. The van der Waals surface area contributed by atoms with Crippen LogP contribution in [0.1, 0.15) is 12.0 Å². The number of thioether (sulfide) groups is 1. The molecule has 2 saturated heterocycles. The molecule has 0 bridgehead atoms. The Labute approximate surface area is 254 Å². The van der Waals surface area contributed by atoms with Crippen LogP contribution >= 0.6 is 11.8 Å². The quantitative estimate of drug-likeness (QED) is 0.251. The number of rotatable bonds is 7. The van der Waals surface area contributed by atoms with E-state index in [0.29, 0.717) is 38.4 Å². The van der Waals surface area contributed by atoms with Crippen LogP contribution in [0, 0.1) is 5.82 Å². The highest BCUT2D eigenvalue weighted by molar-refractivity contribution is 7.99. The number of hydrogen-bond donors (Lipinski definition) is 1. The number of benzene rings is 4. The molecule has 43 heavy (non-hydrogen) atoms. The number of imidazole rings is 1. The molecule has 0 unspecified atom stereocenters. The van der Waals surface area contributed by atoms with E-state index in [-0.39, 0.29) is 23.0 Å². The number of aromatic nitrogens is 2. The minimum Gasteiger partial charge on any atom is -0.496 e. The number of carbonyl (C=O) groups is 1. The number of ether oxygens (including phenoxy) is 1. The number of halogens is 1. The number of nitrogens with one attached hydrogen (secondary N) is 1. The van der Waals surface area contributed by atoms with E-state index in [4.69, 9.17) is 9.72 Å². The van der Waals surface area contributed by atoms with E-state index in [9.17, 15) is 9.18 Å². The smallest absolute Gasteiger partial charge is 0.240 e. The number of fused-ring (bicyclic) bond motifs is 2. The molecule has 2 fully saturated rings. The lowest BCUT2D eigenvalue weighted by Crippen LogP contribution is -2.53. The second kappa shape index (κ2) is 11.9. The maximum atomic E-state index is 14.4. The number of nitrogens with zero attached hydrogens (tertiary/aromatic N) is 4. The van der Waals surface area contributed by atoms with Gasteiger partial charge in [0.15, 0.2) is 5.16 Å². The number of hydrogen-bond acceptors (Lipinski definition) is 6. The molecule has 2 aliphatic heterocycles. The summed E-state index contributed by atoms with van der Waals surface area (Å²) < 4.78 is 20.3. The highest BCUT2D eigenvalue weighted by Crippen LogP contribution is 2.37. The summed E-state index contributed by atoms with van der Waals surface area (Å²) in [4.78, 5) is 28.7. The topological polar surface area (TPSA) is 64.7 Å². The van der Waals surface area contributed by atoms with Crippen molar-refractivity contribution in [1.29, 1.82) is 0 Å². The fraction of sp³-hybridized carbons (Fsp3) is 0.294. The average molecular weight is 596 g/mol. The maximum Gasteiger partial charge on any atom is 0.240 e. The number of amides is 1. The number of methoxy groups -OCH3 is 1. The summed E-state index contributed by atoms with van der Waals surface area (Å²) in [5.74, 6) is 0.746. The van der Waals surface area contributed by atoms with Gasteiger partial charge in [-0.25, -0.2) is 9.37 Å². The second-order valence-corrected chi connectivity index (χ2v) is 12.5. The molecule has 7 nitrogen and oxygen atoms in total. The Morgan fingerprint density at radius 2 is 1.74 bits per heavy atom. The van der Waals surface area contributed by atoms with Crippen LogP contribution in [0.5, 0.6) is 5.75 Å². The van der Waals surface area contributed by atoms with Crippen molar-refractivity contribution in [3.63, 3.8) is 0 Å². The van der Waals surface area contributed by atoms with Crippen LogP contribution in [0.3, 0.4) is 0 Å². The molecule has 0 saturated carbocycles. The minimum absolute atomic E-state index is 0.139. The first-order chi connectivity index (χ1) is 21.1. The zero-order chi connectivity index (χ0) is 29.3. The van der Waals surface area contributed by atoms with Gasteiger partial charge in [-0.2, -0.15) is 0 Å². The first-order valence-corrected chi connectivity index (χ1v) is 15.6. The molecule has 0 aliphatic carbocycles. The molecule has 1 amide bonds. The third-order valence-corrected chi connectivity index (χ3v) is 9.75. The summed E-state index contributed by atoms with van der Waals surface area (Å²) in [5, 5.41) is 3.36. The van der Waals surface area contributed by atoms with Gasteiger partial charge in [0.1, 0.15) is 11.6 Å². The Bertz CT molecular complexity index is 1740. The molecule has 1 N–H and O–H groups in total. The predicted octanol–water partition coefficient (Wildman–Crippen LogP) is 5.95. The summed E-state index contributed by atoms with van der Waals surface area (Å²) in [7, 11) is 1.70. The first-order valence-electron chi connectivity index (χ1n) is 14.8. The Kier molecular flexibility index (Phi) is 7.67. The van der Waals surface area contributed by atoms with E-state index >= 15 is 0 Å². The van der Waals surface area contributed by atoms with Crippen LogP contribution in [0.4, 0.5) is 10.1 Å². The van der Waals surface area contributed by atoms with E-state index in [1.165, 1.54) is 6.07 Å².